The van der Waals surface area contributed by atoms with Crippen molar-refractivity contribution in [1.29, 1.82) is 0 Å². The van der Waals surface area contributed by atoms with E-state index < -0.39 is 0 Å². The number of nitrogens with zero attached hydrogens (tertiary/aromatic N) is 4. The Morgan fingerprint density at radius 2 is 0.689 bits per heavy atom. The molecule has 0 unspecified atom stereocenters. The Labute approximate surface area is 260 Å². The number of hydrogen-bond acceptors (Lipinski definition) is 5. The summed E-state index contributed by atoms with van der Waals surface area (Å²) in [5.41, 5.74) is 9.77. The molecule has 5 nitrogen and oxygen atoms in total. The summed E-state index contributed by atoms with van der Waals surface area (Å²) < 4.78 is 6.01. The van der Waals surface area contributed by atoms with E-state index in [-0.39, 0.29) is 0 Å². The van der Waals surface area contributed by atoms with E-state index in [0.29, 0.717) is 23.4 Å². The quantitative estimate of drug-likeness (QED) is 0.196. The molecule has 0 radical (unpaired) electrons. The van der Waals surface area contributed by atoms with E-state index in [1.807, 2.05) is 84.9 Å². The lowest BCUT2D eigenvalue weighted by atomic mass is 10.0. The van der Waals surface area contributed by atoms with Gasteiger partial charge in [-0.2, -0.15) is 0 Å². The number of benzene rings is 6. The monoisotopic (exact) mass is 578 g/mol. The van der Waals surface area contributed by atoms with Crippen LogP contribution in [0.15, 0.2) is 162 Å². The molecule has 5 heteroatoms. The first-order valence-corrected chi connectivity index (χ1v) is 14.8. The van der Waals surface area contributed by atoms with Gasteiger partial charge in [0.05, 0.1) is 0 Å². The van der Waals surface area contributed by atoms with Crippen LogP contribution in [0.5, 0.6) is 0 Å². The minimum Gasteiger partial charge on any atom is -0.436 e. The van der Waals surface area contributed by atoms with Gasteiger partial charge in [0.15, 0.2) is 23.1 Å². The fourth-order valence-corrected chi connectivity index (χ4v) is 5.42. The standard InChI is InChI=1S/C40H26N4O/c1-4-10-27(11-5-1)28-16-20-31(21-17-28)38-42-37(30-12-6-2-7-13-30)43-39(44-38)32-22-18-29(19-23-32)34-24-25-36-35(26-34)41-40(45-36)33-14-8-3-9-15-33/h1-26H. The predicted octanol–water partition coefficient (Wildman–Crippen LogP) is 10.0. The fourth-order valence-electron chi connectivity index (χ4n) is 5.42. The van der Waals surface area contributed by atoms with Crippen molar-refractivity contribution in [2.45, 2.75) is 0 Å². The van der Waals surface area contributed by atoms with Crippen molar-refractivity contribution in [3.63, 3.8) is 0 Å². The first kappa shape index (κ1) is 26.4. The van der Waals surface area contributed by atoms with Crippen LogP contribution in [-0.2, 0) is 0 Å². The van der Waals surface area contributed by atoms with E-state index >= 15 is 0 Å². The third-order valence-electron chi connectivity index (χ3n) is 7.80. The van der Waals surface area contributed by atoms with Gasteiger partial charge in [-0.15, -0.1) is 0 Å². The Morgan fingerprint density at radius 1 is 0.311 bits per heavy atom. The molecule has 8 aromatic rings. The van der Waals surface area contributed by atoms with Crippen molar-refractivity contribution in [2.75, 3.05) is 0 Å². The summed E-state index contributed by atoms with van der Waals surface area (Å²) in [7, 11) is 0. The van der Waals surface area contributed by atoms with Gasteiger partial charge in [0.25, 0.3) is 0 Å². The topological polar surface area (TPSA) is 64.7 Å². The van der Waals surface area contributed by atoms with Crippen molar-refractivity contribution in [2.24, 2.45) is 0 Å². The van der Waals surface area contributed by atoms with Gasteiger partial charge in [0.2, 0.25) is 5.89 Å². The molecule has 2 heterocycles. The second-order valence-corrected chi connectivity index (χ2v) is 10.8. The van der Waals surface area contributed by atoms with Crippen LogP contribution in [0, 0.1) is 0 Å². The lowest BCUT2D eigenvalue weighted by molar-refractivity contribution is 0.620. The van der Waals surface area contributed by atoms with Crippen LogP contribution in [0.2, 0.25) is 0 Å². The molecule has 0 saturated heterocycles. The van der Waals surface area contributed by atoms with E-state index in [0.717, 1.165) is 50.0 Å². The van der Waals surface area contributed by atoms with Gasteiger partial charge in [-0.3, -0.25) is 0 Å². The largest absolute Gasteiger partial charge is 0.436 e. The van der Waals surface area contributed by atoms with Crippen LogP contribution in [-0.4, -0.2) is 19.9 Å². The summed E-state index contributed by atoms with van der Waals surface area (Å²) >= 11 is 0. The van der Waals surface area contributed by atoms with Gasteiger partial charge >= 0.3 is 0 Å². The van der Waals surface area contributed by atoms with E-state index in [1.54, 1.807) is 0 Å². The highest BCUT2D eigenvalue weighted by atomic mass is 16.3. The zero-order valence-electron chi connectivity index (χ0n) is 24.2. The molecule has 0 bridgehead atoms. The van der Waals surface area contributed by atoms with Gasteiger partial charge in [-0.05, 0) is 46.5 Å². The minimum atomic E-state index is 0.618. The van der Waals surface area contributed by atoms with Crippen molar-refractivity contribution in [3.8, 4) is 67.9 Å². The zero-order valence-corrected chi connectivity index (χ0v) is 24.2. The van der Waals surface area contributed by atoms with Crippen molar-refractivity contribution >= 4 is 11.1 Å². The number of fused-ring (bicyclic) bond motifs is 1. The lowest BCUT2D eigenvalue weighted by Gasteiger charge is -2.10. The fraction of sp³-hybridized carbons (Fsp3) is 0. The van der Waals surface area contributed by atoms with Crippen molar-refractivity contribution in [3.05, 3.63) is 158 Å². The Morgan fingerprint density at radius 3 is 1.22 bits per heavy atom. The van der Waals surface area contributed by atoms with Crippen molar-refractivity contribution in [1.82, 2.24) is 19.9 Å². The van der Waals surface area contributed by atoms with E-state index in [4.69, 9.17) is 24.4 Å². The molecule has 6 aromatic carbocycles. The summed E-state index contributed by atoms with van der Waals surface area (Å²) in [6.07, 6.45) is 0. The maximum atomic E-state index is 6.01. The van der Waals surface area contributed by atoms with Gasteiger partial charge in [0, 0.05) is 22.3 Å². The Bertz CT molecular complexity index is 2230. The highest BCUT2D eigenvalue weighted by Gasteiger charge is 2.14. The molecule has 0 aliphatic carbocycles. The minimum absolute atomic E-state index is 0.618. The molecular formula is C40H26N4O. The molecule has 0 fully saturated rings. The molecule has 45 heavy (non-hydrogen) atoms. The molecule has 0 saturated carbocycles. The molecule has 212 valence electrons. The summed E-state index contributed by atoms with van der Waals surface area (Å²) in [6.45, 7) is 0. The molecule has 0 atom stereocenters. The summed E-state index contributed by atoms with van der Waals surface area (Å²) in [5, 5.41) is 0. The Balaban J connectivity index is 1.14. The molecule has 8 rings (SSSR count). The number of oxazole rings is 1. The van der Waals surface area contributed by atoms with Crippen LogP contribution >= 0.6 is 0 Å². The summed E-state index contributed by atoms with van der Waals surface area (Å²) in [5.74, 6) is 2.51. The third kappa shape index (κ3) is 5.39. The number of hydrogen-bond donors (Lipinski definition) is 0. The van der Waals surface area contributed by atoms with Gasteiger partial charge in [0.1, 0.15) is 5.52 Å². The van der Waals surface area contributed by atoms with Crippen LogP contribution < -0.4 is 0 Å². The van der Waals surface area contributed by atoms with Crippen LogP contribution in [0.25, 0.3) is 79.0 Å². The molecule has 0 N–H and O–H groups in total. The van der Waals surface area contributed by atoms with Gasteiger partial charge in [-0.25, -0.2) is 19.9 Å². The first-order chi connectivity index (χ1) is 22.3. The first-order valence-electron chi connectivity index (χ1n) is 14.8. The average Bonchev–Trinajstić information content (AvgIpc) is 3.57. The number of aromatic nitrogens is 4. The van der Waals surface area contributed by atoms with E-state index in [9.17, 15) is 0 Å². The number of rotatable bonds is 6. The van der Waals surface area contributed by atoms with Crippen molar-refractivity contribution < 1.29 is 4.42 Å². The molecule has 2 aromatic heterocycles. The van der Waals surface area contributed by atoms with E-state index in [1.165, 1.54) is 5.56 Å². The summed E-state index contributed by atoms with van der Waals surface area (Å²) in [6, 6.07) is 53.1. The highest BCUT2D eigenvalue weighted by molar-refractivity contribution is 5.83. The van der Waals surface area contributed by atoms with Crippen LogP contribution in [0.1, 0.15) is 0 Å². The zero-order chi connectivity index (χ0) is 30.0. The second-order valence-electron chi connectivity index (χ2n) is 10.8. The van der Waals surface area contributed by atoms with Gasteiger partial charge in [-0.1, -0.05) is 133 Å². The second kappa shape index (κ2) is 11.5. The Kier molecular flexibility index (Phi) is 6.74. The molecule has 0 aliphatic heterocycles. The lowest BCUT2D eigenvalue weighted by Crippen LogP contribution is -2.00. The maximum absolute atomic E-state index is 6.01. The SMILES string of the molecule is c1ccc(-c2ccc(-c3nc(-c4ccccc4)nc(-c4ccc(-c5ccc6oc(-c7ccccc7)nc6c5)cc4)n3)cc2)cc1. The summed E-state index contributed by atoms with van der Waals surface area (Å²) in [4.78, 5) is 19.4. The van der Waals surface area contributed by atoms with Gasteiger partial charge < -0.3 is 4.42 Å². The average molecular weight is 579 g/mol. The molecule has 0 amide bonds. The maximum Gasteiger partial charge on any atom is 0.227 e. The molecule has 0 aliphatic rings. The van der Waals surface area contributed by atoms with E-state index in [2.05, 4.69) is 72.8 Å². The van der Waals surface area contributed by atoms with Crippen LogP contribution in [0.4, 0.5) is 0 Å². The predicted molar refractivity (Wildman–Crippen MR) is 180 cm³/mol. The Hall–Kier alpha value is -6.20. The van der Waals surface area contributed by atoms with Crippen LogP contribution in [0.3, 0.4) is 0 Å². The smallest absolute Gasteiger partial charge is 0.227 e. The normalized spacial score (nSPS) is 11.1. The molecule has 0 spiro atoms. The third-order valence-corrected chi connectivity index (χ3v) is 7.80. The highest BCUT2D eigenvalue weighted by Crippen LogP contribution is 2.31. The molecular weight excluding hydrogens is 552 g/mol.